The third-order valence-corrected chi connectivity index (χ3v) is 5.04. The zero-order chi connectivity index (χ0) is 17.4. The first-order valence-electron chi connectivity index (χ1n) is 7.42. The first-order valence-corrected chi connectivity index (χ1v) is 9.33. The summed E-state index contributed by atoms with van der Waals surface area (Å²) in [6.07, 6.45) is 0. The molecule has 1 aromatic rings. The van der Waals surface area contributed by atoms with Crippen LogP contribution in [0.1, 0.15) is 19.4 Å². The summed E-state index contributed by atoms with van der Waals surface area (Å²) in [6, 6.07) is 5.31. The molecule has 0 N–H and O–H groups in total. The molecule has 0 saturated heterocycles. The third-order valence-electron chi connectivity index (χ3n) is 3.40. The van der Waals surface area contributed by atoms with E-state index in [9.17, 15) is 9.59 Å². The SMILES string of the molecule is CCN(CC)C(=O)CSCC(=O)N(C)Cc1ccc(Cl)c(Cl)c1. The molecule has 1 aromatic carbocycles. The van der Waals surface area contributed by atoms with Gasteiger partial charge in [-0.25, -0.2) is 0 Å². The number of benzene rings is 1. The molecule has 0 bridgehead atoms. The second-order valence-electron chi connectivity index (χ2n) is 5.06. The molecule has 1 rings (SSSR count). The van der Waals surface area contributed by atoms with Crippen molar-refractivity contribution in [2.75, 3.05) is 31.6 Å². The zero-order valence-corrected chi connectivity index (χ0v) is 16.0. The highest BCUT2D eigenvalue weighted by Gasteiger charge is 2.13. The lowest BCUT2D eigenvalue weighted by Gasteiger charge is -2.19. The highest BCUT2D eigenvalue weighted by molar-refractivity contribution is 8.00. The number of rotatable bonds is 8. The van der Waals surface area contributed by atoms with Gasteiger partial charge in [-0.15, -0.1) is 11.8 Å². The molecule has 0 fully saturated rings. The molecule has 2 amide bonds. The molecule has 0 aliphatic heterocycles. The van der Waals surface area contributed by atoms with E-state index in [1.165, 1.54) is 11.8 Å². The fraction of sp³-hybridized carbons (Fsp3) is 0.500. The van der Waals surface area contributed by atoms with Crippen LogP contribution in [0.15, 0.2) is 18.2 Å². The van der Waals surface area contributed by atoms with Gasteiger partial charge in [-0.1, -0.05) is 29.3 Å². The van der Waals surface area contributed by atoms with Gasteiger partial charge in [0, 0.05) is 26.7 Å². The van der Waals surface area contributed by atoms with Crippen molar-refractivity contribution in [1.29, 1.82) is 0 Å². The van der Waals surface area contributed by atoms with Gasteiger partial charge >= 0.3 is 0 Å². The second kappa shape index (κ2) is 10.1. The molecule has 128 valence electrons. The van der Waals surface area contributed by atoms with E-state index in [0.717, 1.165) is 5.56 Å². The summed E-state index contributed by atoms with van der Waals surface area (Å²) in [5.74, 6) is 0.659. The number of hydrogen-bond acceptors (Lipinski definition) is 3. The van der Waals surface area contributed by atoms with Crippen LogP contribution in [-0.2, 0) is 16.1 Å². The summed E-state index contributed by atoms with van der Waals surface area (Å²) in [5, 5.41) is 0.971. The molecule has 4 nitrogen and oxygen atoms in total. The lowest BCUT2D eigenvalue weighted by molar-refractivity contribution is -0.128. The van der Waals surface area contributed by atoms with E-state index in [2.05, 4.69) is 0 Å². The second-order valence-corrected chi connectivity index (χ2v) is 6.86. The van der Waals surface area contributed by atoms with Crippen molar-refractivity contribution in [2.24, 2.45) is 0 Å². The minimum atomic E-state index is -0.0200. The van der Waals surface area contributed by atoms with Crippen LogP contribution in [0, 0.1) is 0 Å². The minimum Gasteiger partial charge on any atom is -0.343 e. The average Bonchev–Trinajstić information content (AvgIpc) is 2.52. The van der Waals surface area contributed by atoms with Crippen LogP contribution >= 0.6 is 35.0 Å². The summed E-state index contributed by atoms with van der Waals surface area (Å²) < 4.78 is 0. The van der Waals surface area contributed by atoms with E-state index in [1.54, 1.807) is 29.0 Å². The average molecular weight is 377 g/mol. The van der Waals surface area contributed by atoms with Gasteiger partial charge in [0.2, 0.25) is 11.8 Å². The van der Waals surface area contributed by atoms with Gasteiger partial charge in [0.25, 0.3) is 0 Å². The van der Waals surface area contributed by atoms with Crippen LogP contribution in [0.25, 0.3) is 0 Å². The predicted molar refractivity (Wildman–Crippen MR) is 98.2 cm³/mol. The van der Waals surface area contributed by atoms with Gasteiger partial charge in [0.15, 0.2) is 0 Å². The van der Waals surface area contributed by atoms with Crippen molar-refractivity contribution < 1.29 is 9.59 Å². The molecule has 23 heavy (non-hydrogen) atoms. The molecular weight excluding hydrogens is 355 g/mol. The van der Waals surface area contributed by atoms with Gasteiger partial charge in [-0.05, 0) is 31.5 Å². The molecular formula is C16H22Cl2N2O2S. The number of amides is 2. The summed E-state index contributed by atoms with van der Waals surface area (Å²) in [6.45, 7) is 5.74. The zero-order valence-electron chi connectivity index (χ0n) is 13.6. The Morgan fingerprint density at radius 1 is 1.04 bits per heavy atom. The lowest BCUT2D eigenvalue weighted by Crippen LogP contribution is -2.33. The molecule has 0 unspecified atom stereocenters. The van der Waals surface area contributed by atoms with Crippen LogP contribution in [0.3, 0.4) is 0 Å². The summed E-state index contributed by atoms with van der Waals surface area (Å²) in [4.78, 5) is 27.4. The fourth-order valence-electron chi connectivity index (χ4n) is 2.00. The maximum Gasteiger partial charge on any atom is 0.232 e. The Labute approximate surface area is 152 Å². The number of halogens is 2. The van der Waals surface area contributed by atoms with Crippen LogP contribution in [-0.4, -0.2) is 53.3 Å². The number of carbonyl (C=O) groups excluding carboxylic acids is 2. The Balaban J connectivity index is 2.42. The molecule has 7 heteroatoms. The molecule has 0 radical (unpaired) electrons. The number of carbonyl (C=O) groups is 2. The van der Waals surface area contributed by atoms with Gasteiger partial charge < -0.3 is 9.80 Å². The Morgan fingerprint density at radius 2 is 1.65 bits per heavy atom. The minimum absolute atomic E-state index is 0.0200. The summed E-state index contributed by atoms with van der Waals surface area (Å²) in [5.41, 5.74) is 0.916. The van der Waals surface area contributed by atoms with Crippen LogP contribution < -0.4 is 0 Å². The van der Waals surface area contributed by atoms with Crippen molar-refractivity contribution in [3.63, 3.8) is 0 Å². The smallest absolute Gasteiger partial charge is 0.232 e. The molecule has 0 aliphatic carbocycles. The Kier molecular flexibility index (Phi) is 8.81. The molecule has 0 aromatic heterocycles. The predicted octanol–water partition coefficient (Wildman–Crippen LogP) is 3.55. The number of thioether (sulfide) groups is 1. The lowest BCUT2D eigenvalue weighted by atomic mass is 10.2. The molecule has 0 heterocycles. The van der Waals surface area contributed by atoms with Gasteiger partial charge in [0.05, 0.1) is 21.6 Å². The summed E-state index contributed by atoms with van der Waals surface area (Å²) >= 11 is 13.2. The Hall–Kier alpha value is -0.910. The van der Waals surface area contributed by atoms with Gasteiger partial charge in [0.1, 0.15) is 0 Å². The largest absolute Gasteiger partial charge is 0.343 e. The monoisotopic (exact) mass is 376 g/mol. The topological polar surface area (TPSA) is 40.6 Å². The maximum atomic E-state index is 12.1. The normalized spacial score (nSPS) is 10.5. The van der Waals surface area contributed by atoms with Crippen molar-refractivity contribution in [1.82, 2.24) is 9.80 Å². The van der Waals surface area contributed by atoms with Crippen molar-refractivity contribution in [3.8, 4) is 0 Å². The van der Waals surface area contributed by atoms with E-state index in [-0.39, 0.29) is 17.6 Å². The highest BCUT2D eigenvalue weighted by atomic mass is 35.5. The van der Waals surface area contributed by atoms with Gasteiger partial charge in [-0.3, -0.25) is 9.59 Å². The first kappa shape index (κ1) is 20.1. The van der Waals surface area contributed by atoms with Crippen molar-refractivity contribution in [3.05, 3.63) is 33.8 Å². The van der Waals surface area contributed by atoms with E-state index in [4.69, 9.17) is 23.2 Å². The maximum absolute atomic E-state index is 12.1. The molecule has 0 atom stereocenters. The van der Waals surface area contributed by atoms with E-state index >= 15 is 0 Å². The van der Waals surface area contributed by atoms with Crippen LogP contribution in [0.4, 0.5) is 0 Å². The quantitative estimate of drug-likeness (QED) is 0.696. The Bertz CT molecular complexity index is 551. The molecule has 0 spiro atoms. The fourth-order valence-corrected chi connectivity index (χ4v) is 3.18. The standard InChI is InChI=1S/C16H22Cl2N2O2S/c1-4-20(5-2)16(22)11-23-10-15(21)19(3)9-12-6-7-13(17)14(18)8-12/h6-8H,4-5,9-11H2,1-3H3. The number of hydrogen-bond donors (Lipinski definition) is 0. The first-order chi connectivity index (χ1) is 10.9. The van der Waals surface area contributed by atoms with Crippen molar-refractivity contribution in [2.45, 2.75) is 20.4 Å². The molecule has 0 aliphatic rings. The van der Waals surface area contributed by atoms with Gasteiger partial charge in [-0.2, -0.15) is 0 Å². The van der Waals surface area contributed by atoms with Crippen LogP contribution in [0.2, 0.25) is 10.0 Å². The number of nitrogens with zero attached hydrogens (tertiary/aromatic N) is 2. The highest BCUT2D eigenvalue weighted by Crippen LogP contribution is 2.23. The van der Waals surface area contributed by atoms with E-state index in [0.29, 0.717) is 35.4 Å². The summed E-state index contributed by atoms with van der Waals surface area (Å²) in [7, 11) is 1.73. The van der Waals surface area contributed by atoms with E-state index in [1.807, 2.05) is 19.9 Å². The van der Waals surface area contributed by atoms with Crippen molar-refractivity contribution >= 4 is 46.8 Å². The Morgan fingerprint density at radius 3 is 2.22 bits per heavy atom. The van der Waals surface area contributed by atoms with Crippen LogP contribution in [0.5, 0.6) is 0 Å². The third kappa shape index (κ3) is 6.61. The molecule has 0 saturated carbocycles. The van der Waals surface area contributed by atoms with E-state index < -0.39 is 0 Å².